The molecule has 0 saturated carbocycles. The Bertz CT molecular complexity index is 1300. The van der Waals surface area contributed by atoms with Gasteiger partial charge in [-0.2, -0.15) is 0 Å². The van der Waals surface area contributed by atoms with Crippen molar-refractivity contribution in [3.05, 3.63) is 132 Å². The second-order valence-electron chi connectivity index (χ2n) is 9.20. The van der Waals surface area contributed by atoms with Crippen molar-refractivity contribution in [3.63, 3.8) is 0 Å². The molecule has 0 spiro atoms. The lowest BCUT2D eigenvalue weighted by Crippen LogP contribution is -2.52. The minimum atomic E-state index is -0.725. The molecule has 6 nitrogen and oxygen atoms in total. The molecule has 1 atom stereocenters. The number of benzene rings is 4. The largest absolute Gasteiger partial charge is 0.497 e. The van der Waals surface area contributed by atoms with Crippen molar-refractivity contribution in [1.82, 2.24) is 10.2 Å². The highest BCUT2D eigenvalue weighted by molar-refractivity contribution is 5.88. The van der Waals surface area contributed by atoms with Crippen LogP contribution >= 0.6 is 0 Å². The molecule has 200 valence electrons. The highest BCUT2D eigenvalue weighted by atomic mass is 16.5. The van der Waals surface area contributed by atoms with Gasteiger partial charge in [-0.25, -0.2) is 0 Å². The number of nitrogens with one attached hydrogen (secondary N) is 1. The van der Waals surface area contributed by atoms with E-state index < -0.39 is 6.04 Å². The van der Waals surface area contributed by atoms with Gasteiger partial charge in [0.1, 0.15) is 17.5 Å². The molecule has 2 amide bonds. The van der Waals surface area contributed by atoms with Crippen LogP contribution in [0.15, 0.2) is 115 Å². The van der Waals surface area contributed by atoms with E-state index in [1.807, 2.05) is 103 Å². The maximum atomic E-state index is 13.7. The van der Waals surface area contributed by atoms with Crippen LogP contribution in [0, 0.1) is 0 Å². The fourth-order valence-electron chi connectivity index (χ4n) is 4.32. The van der Waals surface area contributed by atoms with Crippen molar-refractivity contribution in [2.75, 3.05) is 20.3 Å². The smallest absolute Gasteiger partial charge is 0.261 e. The fraction of sp³-hybridized carbons (Fsp3) is 0.212. The predicted octanol–water partition coefficient (Wildman–Crippen LogP) is 5.07. The lowest BCUT2D eigenvalue weighted by Gasteiger charge is -2.31. The molecule has 0 aliphatic carbocycles. The van der Waals surface area contributed by atoms with Gasteiger partial charge < -0.3 is 19.7 Å². The maximum Gasteiger partial charge on any atom is 0.261 e. The third-order valence-electron chi connectivity index (χ3n) is 6.44. The Morgan fingerprint density at radius 3 is 1.92 bits per heavy atom. The van der Waals surface area contributed by atoms with Crippen LogP contribution in [0.4, 0.5) is 0 Å². The van der Waals surface area contributed by atoms with Crippen LogP contribution in [0.3, 0.4) is 0 Å². The lowest BCUT2D eigenvalue weighted by atomic mass is 10.0. The molecule has 4 aromatic rings. The lowest BCUT2D eigenvalue weighted by molar-refractivity contribution is -0.142. The van der Waals surface area contributed by atoms with Gasteiger partial charge >= 0.3 is 0 Å². The Balaban J connectivity index is 1.57. The van der Waals surface area contributed by atoms with Gasteiger partial charge in [0.05, 0.1) is 7.11 Å². The average molecular weight is 523 g/mol. The van der Waals surface area contributed by atoms with E-state index in [-0.39, 0.29) is 25.0 Å². The summed E-state index contributed by atoms with van der Waals surface area (Å²) in [4.78, 5) is 29.0. The van der Waals surface area contributed by atoms with Gasteiger partial charge in [-0.3, -0.25) is 9.59 Å². The minimum Gasteiger partial charge on any atom is -0.497 e. The normalized spacial score (nSPS) is 11.3. The molecule has 4 rings (SSSR count). The van der Waals surface area contributed by atoms with E-state index in [1.54, 1.807) is 24.1 Å². The highest BCUT2D eigenvalue weighted by Gasteiger charge is 2.30. The molecule has 0 heterocycles. The number of carbonyl (C=O) groups excluding carboxylic acids is 2. The van der Waals surface area contributed by atoms with Crippen molar-refractivity contribution < 1.29 is 19.1 Å². The molecule has 1 N–H and O–H groups in total. The molecular weight excluding hydrogens is 488 g/mol. The van der Waals surface area contributed by atoms with Crippen molar-refractivity contribution in [2.45, 2.75) is 25.4 Å². The van der Waals surface area contributed by atoms with Crippen molar-refractivity contribution in [2.24, 2.45) is 0 Å². The molecule has 0 fully saturated rings. The second-order valence-corrected chi connectivity index (χ2v) is 9.20. The number of hydrogen-bond donors (Lipinski definition) is 1. The molecule has 6 heteroatoms. The number of rotatable bonds is 13. The van der Waals surface area contributed by atoms with Crippen LogP contribution in [0.5, 0.6) is 11.5 Å². The molecule has 0 saturated heterocycles. The zero-order valence-corrected chi connectivity index (χ0v) is 22.2. The van der Waals surface area contributed by atoms with Gasteiger partial charge in [0.25, 0.3) is 5.91 Å². The summed E-state index contributed by atoms with van der Waals surface area (Å²) in [6.07, 6.45) is 1.08. The summed E-state index contributed by atoms with van der Waals surface area (Å²) in [5.41, 5.74) is 3.00. The van der Waals surface area contributed by atoms with Crippen molar-refractivity contribution >= 4 is 11.8 Å². The fourth-order valence-corrected chi connectivity index (χ4v) is 4.32. The van der Waals surface area contributed by atoms with Crippen molar-refractivity contribution in [3.8, 4) is 11.5 Å². The first-order valence-electron chi connectivity index (χ1n) is 13.1. The highest BCUT2D eigenvalue weighted by Crippen LogP contribution is 2.18. The zero-order valence-electron chi connectivity index (χ0n) is 22.2. The Labute approximate surface area is 230 Å². The maximum absolute atomic E-state index is 13.7. The minimum absolute atomic E-state index is 0.178. The number of nitrogens with zero attached hydrogens (tertiary/aromatic N) is 1. The van der Waals surface area contributed by atoms with Crippen LogP contribution in [0.2, 0.25) is 0 Å². The summed E-state index contributed by atoms with van der Waals surface area (Å²) >= 11 is 0. The summed E-state index contributed by atoms with van der Waals surface area (Å²) < 4.78 is 11.1. The molecule has 0 bridgehead atoms. The van der Waals surface area contributed by atoms with E-state index in [9.17, 15) is 9.59 Å². The predicted molar refractivity (Wildman–Crippen MR) is 153 cm³/mol. The van der Waals surface area contributed by atoms with Crippen LogP contribution < -0.4 is 14.8 Å². The topological polar surface area (TPSA) is 67.9 Å². The van der Waals surface area contributed by atoms with Crippen LogP contribution in [-0.4, -0.2) is 43.0 Å². The summed E-state index contributed by atoms with van der Waals surface area (Å²) in [6.45, 7) is 0.548. The summed E-state index contributed by atoms with van der Waals surface area (Å²) in [5, 5.41) is 3.07. The molecule has 0 radical (unpaired) electrons. The third kappa shape index (κ3) is 8.47. The summed E-state index contributed by atoms with van der Waals surface area (Å²) in [5.74, 6) is 0.857. The first-order valence-corrected chi connectivity index (χ1v) is 13.1. The standard InChI is InChI=1S/C33H34N2O4/c1-38-29-19-17-28(18-20-29)24-35(32(36)25-39-30-15-9-4-10-16-30)31(23-27-13-7-3-8-14-27)33(37)34-22-21-26-11-5-2-6-12-26/h2-20,31H,21-25H2,1H3,(H,34,37)/t31-/m0/s1. The number of methoxy groups -OCH3 is 1. The number of amides is 2. The van der Waals surface area contributed by atoms with Crippen LogP contribution in [0.25, 0.3) is 0 Å². The SMILES string of the molecule is COc1ccc(CN(C(=O)COc2ccccc2)[C@@H](Cc2ccccc2)C(=O)NCCc2ccccc2)cc1. The van der Waals surface area contributed by atoms with Gasteiger partial charge in [0.15, 0.2) is 6.61 Å². The Hall–Kier alpha value is -4.58. The summed E-state index contributed by atoms with van der Waals surface area (Å²) in [6, 6.07) is 35.8. The first-order chi connectivity index (χ1) is 19.1. The number of carbonyl (C=O) groups is 2. The van der Waals surface area contributed by atoms with Crippen LogP contribution in [0.1, 0.15) is 16.7 Å². The quantitative estimate of drug-likeness (QED) is 0.266. The molecule has 0 aliphatic rings. The van der Waals surface area contributed by atoms with Gasteiger partial charge in [-0.1, -0.05) is 91.0 Å². The molecule has 4 aromatic carbocycles. The van der Waals surface area contributed by atoms with Gasteiger partial charge in [-0.05, 0) is 47.4 Å². The van der Waals surface area contributed by atoms with E-state index in [0.717, 1.165) is 22.4 Å². The van der Waals surface area contributed by atoms with Crippen molar-refractivity contribution in [1.29, 1.82) is 0 Å². The molecule has 39 heavy (non-hydrogen) atoms. The Morgan fingerprint density at radius 1 is 0.718 bits per heavy atom. The monoisotopic (exact) mass is 522 g/mol. The van der Waals surface area contributed by atoms with E-state index in [1.165, 1.54) is 0 Å². The van der Waals surface area contributed by atoms with E-state index in [4.69, 9.17) is 9.47 Å². The first kappa shape index (κ1) is 27.5. The Morgan fingerprint density at radius 2 is 1.31 bits per heavy atom. The zero-order chi connectivity index (χ0) is 27.3. The molecule has 0 aliphatic heterocycles. The second kappa shape index (κ2) is 14.4. The number of ether oxygens (including phenoxy) is 2. The van der Waals surface area contributed by atoms with Gasteiger partial charge in [0, 0.05) is 19.5 Å². The average Bonchev–Trinajstić information content (AvgIpc) is 2.99. The summed E-state index contributed by atoms with van der Waals surface area (Å²) in [7, 11) is 1.61. The van der Waals surface area contributed by atoms with E-state index in [2.05, 4.69) is 5.32 Å². The van der Waals surface area contributed by atoms with Crippen LogP contribution in [-0.2, 0) is 29.0 Å². The molecule has 0 aromatic heterocycles. The number of hydrogen-bond acceptors (Lipinski definition) is 4. The van der Waals surface area contributed by atoms with E-state index >= 15 is 0 Å². The molecular formula is C33H34N2O4. The Kier molecular flexibility index (Phi) is 10.1. The van der Waals surface area contributed by atoms with Gasteiger partial charge in [0.2, 0.25) is 5.91 Å². The van der Waals surface area contributed by atoms with E-state index in [0.29, 0.717) is 25.1 Å². The third-order valence-corrected chi connectivity index (χ3v) is 6.44. The van der Waals surface area contributed by atoms with Gasteiger partial charge in [-0.15, -0.1) is 0 Å². The number of para-hydroxylation sites is 1. The molecule has 0 unspecified atom stereocenters.